The first-order valence-electron chi connectivity index (χ1n) is 8.51. The van der Waals surface area contributed by atoms with Crippen LogP contribution >= 0.6 is 0 Å². The quantitative estimate of drug-likeness (QED) is 0.813. The average Bonchev–Trinajstić information content (AvgIpc) is 2.94. The van der Waals surface area contributed by atoms with Crippen LogP contribution in [-0.2, 0) is 9.59 Å². The number of imide groups is 1. The topological polar surface area (TPSA) is 57.6 Å². The highest BCUT2D eigenvalue weighted by molar-refractivity contribution is 6.05. The van der Waals surface area contributed by atoms with E-state index in [4.69, 9.17) is 0 Å². The highest BCUT2D eigenvalue weighted by Crippen LogP contribution is 2.45. The number of hydrogen-bond donors (Lipinski definition) is 1. The number of β-amino-alcohol motifs (C(OH)–C–C–N with tert-alkyl or cyclic N) is 1. The SMILES string of the molecule is CCC1CC2C(=O)N(CC3(O)CCCC(C)C3)C(=O)C2C1. The summed E-state index contributed by atoms with van der Waals surface area (Å²) in [5.41, 5.74) is -0.855. The second kappa shape index (κ2) is 5.38. The molecule has 3 fully saturated rings. The van der Waals surface area contributed by atoms with Gasteiger partial charge in [-0.1, -0.05) is 33.1 Å². The summed E-state index contributed by atoms with van der Waals surface area (Å²) in [4.78, 5) is 26.5. The molecule has 21 heavy (non-hydrogen) atoms. The van der Waals surface area contributed by atoms with Crippen molar-refractivity contribution in [1.29, 1.82) is 0 Å². The second-order valence-electron chi connectivity index (χ2n) is 7.65. The molecule has 1 N–H and O–H groups in total. The Labute approximate surface area is 126 Å². The molecule has 0 radical (unpaired) electrons. The van der Waals surface area contributed by atoms with Crippen molar-refractivity contribution in [2.24, 2.45) is 23.7 Å². The molecule has 2 aliphatic carbocycles. The van der Waals surface area contributed by atoms with Crippen LogP contribution in [0.4, 0.5) is 0 Å². The lowest BCUT2D eigenvalue weighted by molar-refractivity contribution is -0.146. The van der Waals surface area contributed by atoms with E-state index in [1.807, 2.05) is 0 Å². The third-order valence-electron chi connectivity index (χ3n) is 5.92. The molecular weight excluding hydrogens is 266 g/mol. The third-order valence-corrected chi connectivity index (χ3v) is 5.92. The number of fused-ring (bicyclic) bond motifs is 1. The average molecular weight is 293 g/mol. The maximum atomic E-state index is 12.6. The number of amides is 2. The Bertz CT molecular complexity index is 425. The fraction of sp³-hybridized carbons (Fsp3) is 0.882. The lowest BCUT2D eigenvalue weighted by Crippen LogP contribution is -2.48. The number of aliphatic hydroxyl groups is 1. The molecule has 0 aromatic carbocycles. The van der Waals surface area contributed by atoms with E-state index in [0.29, 0.717) is 24.7 Å². The van der Waals surface area contributed by atoms with E-state index in [1.54, 1.807) is 0 Å². The van der Waals surface area contributed by atoms with Crippen LogP contribution in [0.2, 0.25) is 0 Å². The van der Waals surface area contributed by atoms with Gasteiger partial charge in [0.1, 0.15) is 0 Å². The van der Waals surface area contributed by atoms with E-state index >= 15 is 0 Å². The molecule has 3 aliphatic rings. The molecule has 0 aromatic heterocycles. The Kier molecular flexibility index (Phi) is 3.85. The van der Waals surface area contributed by atoms with Crippen molar-refractivity contribution in [3.8, 4) is 0 Å². The lowest BCUT2D eigenvalue weighted by atomic mass is 9.78. The van der Waals surface area contributed by atoms with Crippen molar-refractivity contribution < 1.29 is 14.7 Å². The largest absolute Gasteiger partial charge is 0.388 e. The van der Waals surface area contributed by atoms with Gasteiger partial charge in [0.25, 0.3) is 0 Å². The van der Waals surface area contributed by atoms with Crippen LogP contribution in [-0.4, -0.2) is 34.0 Å². The fourth-order valence-electron chi connectivity index (χ4n) is 4.76. The summed E-state index contributed by atoms with van der Waals surface area (Å²) in [5, 5.41) is 10.8. The maximum Gasteiger partial charge on any atom is 0.233 e. The number of carbonyl (C=O) groups is 2. The highest BCUT2D eigenvalue weighted by Gasteiger charge is 2.53. The minimum atomic E-state index is -0.855. The van der Waals surface area contributed by atoms with Crippen LogP contribution in [0.1, 0.15) is 58.8 Å². The standard InChI is InChI=1S/C17H27NO3/c1-3-12-7-13-14(8-12)16(20)18(15(13)19)10-17(21)6-4-5-11(2)9-17/h11-14,21H,3-10H2,1-2H3. The smallest absolute Gasteiger partial charge is 0.233 e. The number of likely N-dealkylation sites (tertiary alicyclic amines) is 1. The molecule has 2 saturated carbocycles. The van der Waals surface area contributed by atoms with Gasteiger partial charge in [-0.3, -0.25) is 14.5 Å². The first-order valence-corrected chi connectivity index (χ1v) is 8.51. The Morgan fingerprint density at radius 2 is 1.86 bits per heavy atom. The van der Waals surface area contributed by atoms with Crippen LogP contribution in [0.5, 0.6) is 0 Å². The molecule has 0 aromatic rings. The van der Waals surface area contributed by atoms with Gasteiger partial charge in [-0.05, 0) is 37.5 Å². The summed E-state index contributed by atoms with van der Waals surface area (Å²) in [6.45, 7) is 4.49. The van der Waals surface area contributed by atoms with Gasteiger partial charge in [0.15, 0.2) is 0 Å². The van der Waals surface area contributed by atoms with Gasteiger partial charge >= 0.3 is 0 Å². The molecule has 0 bridgehead atoms. The molecule has 4 nitrogen and oxygen atoms in total. The van der Waals surface area contributed by atoms with E-state index in [9.17, 15) is 14.7 Å². The number of hydrogen-bond acceptors (Lipinski definition) is 3. The number of rotatable bonds is 3. The summed E-state index contributed by atoms with van der Waals surface area (Å²) < 4.78 is 0. The Balaban J connectivity index is 1.70. The molecule has 3 rings (SSSR count). The number of carbonyl (C=O) groups excluding carboxylic acids is 2. The molecule has 1 heterocycles. The zero-order valence-electron chi connectivity index (χ0n) is 13.2. The molecule has 118 valence electrons. The van der Waals surface area contributed by atoms with Gasteiger partial charge in [0.05, 0.1) is 24.0 Å². The van der Waals surface area contributed by atoms with Crippen molar-refractivity contribution in [3.63, 3.8) is 0 Å². The van der Waals surface area contributed by atoms with Crippen LogP contribution < -0.4 is 0 Å². The first-order chi connectivity index (χ1) is 9.93. The fourth-order valence-corrected chi connectivity index (χ4v) is 4.76. The van der Waals surface area contributed by atoms with Gasteiger partial charge < -0.3 is 5.11 Å². The second-order valence-corrected chi connectivity index (χ2v) is 7.65. The molecule has 4 heteroatoms. The zero-order chi connectivity index (χ0) is 15.2. The summed E-state index contributed by atoms with van der Waals surface area (Å²) in [6.07, 6.45) is 6.30. The Hall–Kier alpha value is -0.900. The van der Waals surface area contributed by atoms with Crippen LogP contribution in [0, 0.1) is 23.7 Å². The predicted octanol–water partition coefficient (Wildman–Crippen LogP) is 2.35. The molecule has 1 aliphatic heterocycles. The van der Waals surface area contributed by atoms with E-state index in [0.717, 1.165) is 32.1 Å². The lowest BCUT2D eigenvalue weighted by Gasteiger charge is -2.37. The van der Waals surface area contributed by atoms with Crippen LogP contribution in [0.25, 0.3) is 0 Å². The monoisotopic (exact) mass is 293 g/mol. The summed E-state index contributed by atoms with van der Waals surface area (Å²) in [5.74, 6) is 0.743. The predicted molar refractivity (Wildman–Crippen MR) is 79.3 cm³/mol. The van der Waals surface area contributed by atoms with E-state index < -0.39 is 5.60 Å². The van der Waals surface area contributed by atoms with E-state index in [1.165, 1.54) is 4.90 Å². The van der Waals surface area contributed by atoms with Crippen LogP contribution in [0.3, 0.4) is 0 Å². The number of nitrogens with zero attached hydrogens (tertiary/aromatic N) is 1. The third kappa shape index (κ3) is 2.63. The van der Waals surface area contributed by atoms with Crippen molar-refractivity contribution in [3.05, 3.63) is 0 Å². The van der Waals surface area contributed by atoms with Crippen molar-refractivity contribution in [2.45, 2.75) is 64.4 Å². The molecular formula is C17H27NO3. The zero-order valence-corrected chi connectivity index (χ0v) is 13.2. The minimum Gasteiger partial charge on any atom is -0.388 e. The van der Waals surface area contributed by atoms with E-state index in [2.05, 4.69) is 13.8 Å². The first kappa shape index (κ1) is 15.0. The van der Waals surface area contributed by atoms with Gasteiger partial charge in [-0.25, -0.2) is 0 Å². The van der Waals surface area contributed by atoms with Gasteiger partial charge in [-0.15, -0.1) is 0 Å². The highest BCUT2D eigenvalue weighted by atomic mass is 16.3. The van der Waals surface area contributed by atoms with Crippen molar-refractivity contribution in [1.82, 2.24) is 4.90 Å². The molecule has 4 unspecified atom stereocenters. The summed E-state index contributed by atoms with van der Waals surface area (Å²) in [7, 11) is 0. The minimum absolute atomic E-state index is 0.0207. The Morgan fingerprint density at radius 1 is 1.24 bits per heavy atom. The van der Waals surface area contributed by atoms with Crippen LogP contribution in [0.15, 0.2) is 0 Å². The van der Waals surface area contributed by atoms with Crippen molar-refractivity contribution in [2.75, 3.05) is 6.54 Å². The van der Waals surface area contributed by atoms with Crippen molar-refractivity contribution >= 4 is 11.8 Å². The molecule has 0 spiro atoms. The van der Waals surface area contributed by atoms with Gasteiger partial charge in [0, 0.05) is 0 Å². The van der Waals surface area contributed by atoms with Gasteiger partial charge in [0.2, 0.25) is 11.8 Å². The maximum absolute atomic E-state index is 12.6. The normalized spacial score (nSPS) is 43.5. The Morgan fingerprint density at radius 3 is 2.38 bits per heavy atom. The molecule has 2 amide bonds. The summed E-state index contributed by atoms with van der Waals surface area (Å²) >= 11 is 0. The van der Waals surface area contributed by atoms with Gasteiger partial charge in [-0.2, -0.15) is 0 Å². The molecule has 4 atom stereocenters. The van der Waals surface area contributed by atoms with E-state index in [-0.39, 0.29) is 30.2 Å². The molecule has 1 saturated heterocycles. The summed E-state index contributed by atoms with van der Waals surface area (Å²) in [6, 6.07) is 0.